The number of nitrogens with two attached hydrogens (primary N) is 1. The zero-order valence-corrected chi connectivity index (χ0v) is 15.6. The monoisotopic (exact) mass is 357 g/mol. The lowest BCUT2D eigenvalue weighted by Gasteiger charge is -2.30. The Labute approximate surface area is 154 Å². The third-order valence-electron chi connectivity index (χ3n) is 4.56. The van der Waals surface area contributed by atoms with E-state index in [4.69, 9.17) is 5.73 Å². The molecule has 0 saturated carbocycles. The molecule has 0 bridgehead atoms. The predicted octanol–water partition coefficient (Wildman–Crippen LogP) is 3.34. The zero-order chi connectivity index (χ0) is 17.5. The van der Waals surface area contributed by atoms with Crippen molar-refractivity contribution in [3.05, 3.63) is 46.4 Å². The molecule has 3 rings (SSSR count). The lowest BCUT2D eigenvalue weighted by atomic mass is 9.97. The van der Waals surface area contributed by atoms with Crippen molar-refractivity contribution < 1.29 is 0 Å². The third kappa shape index (κ3) is 5.54. The average molecular weight is 358 g/mol. The molecule has 5 nitrogen and oxygen atoms in total. The largest absolute Gasteiger partial charge is 0.370 e. The Morgan fingerprint density at radius 2 is 2.08 bits per heavy atom. The molecule has 1 aliphatic heterocycles. The summed E-state index contributed by atoms with van der Waals surface area (Å²) in [4.78, 5) is 11.7. The first-order valence-corrected chi connectivity index (χ1v) is 9.88. The molecular weight excluding hydrogens is 330 g/mol. The fourth-order valence-corrected chi connectivity index (χ4v) is 3.81. The molecule has 25 heavy (non-hydrogen) atoms. The molecule has 1 aliphatic rings. The van der Waals surface area contributed by atoms with Crippen LogP contribution in [0.5, 0.6) is 0 Å². The van der Waals surface area contributed by atoms with Gasteiger partial charge >= 0.3 is 0 Å². The van der Waals surface area contributed by atoms with Crippen LogP contribution in [0.15, 0.2) is 40.7 Å². The van der Waals surface area contributed by atoms with Gasteiger partial charge in [-0.15, -0.1) is 11.3 Å². The van der Waals surface area contributed by atoms with E-state index in [1.54, 1.807) is 11.3 Å². The molecule has 2 aromatic rings. The average Bonchev–Trinajstić information content (AvgIpc) is 3.10. The van der Waals surface area contributed by atoms with Crippen LogP contribution in [0.1, 0.15) is 30.5 Å². The van der Waals surface area contributed by atoms with Gasteiger partial charge in [-0.3, -0.25) is 9.89 Å². The van der Waals surface area contributed by atoms with Gasteiger partial charge in [0.1, 0.15) is 0 Å². The number of nitrogens with one attached hydrogen (secondary N) is 1. The van der Waals surface area contributed by atoms with Crippen LogP contribution in [0.25, 0.3) is 0 Å². The van der Waals surface area contributed by atoms with E-state index in [1.165, 1.54) is 23.5 Å². The number of hydrogen-bond acceptors (Lipinski definition) is 4. The number of nitrogens with zero attached hydrogens (tertiary/aromatic N) is 3. The molecule has 1 fully saturated rings. The summed E-state index contributed by atoms with van der Waals surface area (Å²) in [7, 11) is 0. The highest BCUT2D eigenvalue weighted by molar-refractivity contribution is 7.09. The van der Waals surface area contributed by atoms with Crippen LogP contribution in [0.3, 0.4) is 0 Å². The molecule has 6 heteroatoms. The second kappa shape index (κ2) is 8.97. The number of thiazole rings is 1. The number of aromatic nitrogens is 1. The van der Waals surface area contributed by atoms with Crippen LogP contribution >= 0.6 is 11.3 Å². The third-order valence-corrected chi connectivity index (χ3v) is 5.60. The number of benzene rings is 1. The fourth-order valence-electron chi connectivity index (χ4n) is 3.08. The van der Waals surface area contributed by atoms with Gasteiger partial charge in [-0.05, 0) is 50.4 Å². The van der Waals surface area contributed by atoms with Gasteiger partial charge in [-0.1, -0.05) is 25.1 Å². The summed E-state index contributed by atoms with van der Waals surface area (Å²) >= 11 is 1.77. The van der Waals surface area contributed by atoms with Crippen LogP contribution in [0.4, 0.5) is 5.69 Å². The van der Waals surface area contributed by atoms with Crippen LogP contribution < -0.4 is 11.1 Å². The number of para-hydroxylation sites is 1. The predicted molar refractivity (Wildman–Crippen MR) is 106 cm³/mol. The second-order valence-corrected chi connectivity index (χ2v) is 7.47. The summed E-state index contributed by atoms with van der Waals surface area (Å²) < 4.78 is 0. The van der Waals surface area contributed by atoms with E-state index in [0.717, 1.165) is 38.3 Å². The minimum absolute atomic E-state index is 0.503. The molecule has 1 aromatic heterocycles. The van der Waals surface area contributed by atoms with Crippen molar-refractivity contribution in [1.29, 1.82) is 0 Å². The molecule has 0 radical (unpaired) electrons. The maximum Gasteiger partial charge on any atom is 0.193 e. The highest BCUT2D eigenvalue weighted by atomic mass is 32.1. The molecule has 1 aromatic carbocycles. The first kappa shape index (κ1) is 17.9. The summed E-state index contributed by atoms with van der Waals surface area (Å²) in [5.41, 5.74) is 8.19. The van der Waals surface area contributed by atoms with Gasteiger partial charge in [-0.25, -0.2) is 4.98 Å². The lowest BCUT2D eigenvalue weighted by Crippen LogP contribution is -2.34. The maximum absolute atomic E-state index is 5.99. The van der Waals surface area contributed by atoms with Crippen molar-refractivity contribution >= 4 is 23.0 Å². The summed E-state index contributed by atoms with van der Waals surface area (Å²) in [5, 5.41) is 6.58. The Hall–Kier alpha value is -1.92. The Balaban J connectivity index is 1.40. The molecule has 0 unspecified atom stereocenters. The number of aliphatic imine (C=N–C) groups is 1. The van der Waals surface area contributed by atoms with E-state index in [9.17, 15) is 0 Å². The van der Waals surface area contributed by atoms with Crippen molar-refractivity contribution in [3.63, 3.8) is 0 Å². The molecule has 0 aliphatic carbocycles. The van der Waals surface area contributed by atoms with Gasteiger partial charge in [-0.2, -0.15) is 0 Å². The minimum atomic E-state index is 0.503. The van der Waals surface area contributed by atoms with Crippen LogP contribution in [0.2, 0.25) is 0 Å². The summed E-state index contributed by atoms with van der Waals surface area (Å²) in [6, 6.07) is 9.93. The first-order chi connectivity index (χ1) is 12.2. The number of rotatable bonds is 6. The number of anilines is 1. The van der Waals surface area contributed by atoms with Gasteiger partial charge in [0.25, 0.3) is 0 Å². The highest BCUT2D eigenvalue weighted by Crippen LogP contribution is 2.20. The van der Waals surface area contributed by atoms with E-state index in [-0.39, 0.29) is 0 Å². The standard InChI is InChI=1S/C19H27N5S/c1-2-18-22-17(14-25-18)13-24-10-8-15(9-11-24)12-21-19(20)23-16-6-4-3-5-7-16/h3-7,14-15H,2,8-13H2,1H3,(H3,20,21,23). The summed E-state index contributed by atoms with van der Waals surface area (Å²) in [5.74, 6) is 1.12. The normalized spacial score (nSPS) is 16.9. The van der Waals surface area contributed by atoms with Gasteiger partial charge in [0.15, 0.2) is 5.96 Å². The molecule has 1 saturated heterocycles. The number of likely N-dealkylation sites (tertiary alicyclic amines) is 1. The highest BCUT2D eigenvalue weighted by Gasteiger charge is 2.19. The first-order valence-electron chi connectivity index (χ1n) is 9.00. The lowest BCUT2D eigenvalue weighted by molar-refractivity contribution is 0.179. The van der Waals surface area contributed by atoms with Crippen molar-refractivity contribution in [1.82, 2.24) is 9.88 Å². The molecule has 0 amide bonds. The maximum atomic E-state index is 5.99. The van der Waals surface area contributed by atoms with Crippen molar-refractivity contribution in [2.45, 2.75) is 32.7 Å². The van der Waals surface area contributed by atoms with E-state index < -0.39 is 0 Å². The van der Waals surface area contributed by atoms with Gasteiger partial charge in [0.05, 0.1) is 10.7 Å². The SMILES string of the molecule is CCc1nc(CN2CCC(CN=C(N)Nc3ccccc3)CC2)cs1. The quantitative estimate of drug-likeness (QED) is 0.615. The molecule has 0 atom stereocenters. The smallest absolute Gasteiger partial charge is 0.193 e. The Bertz CT molecular complexity index is 674. The van der Waals surface area contributed by atoms with Crippen molar-refractivity contribution in [3.8, 4) is 0 Å². The van der Waals surface area contributed by atoms with Crippen LogP contribution in [0, 0.1) is 5.92 Å². The molecule has 3 N–H and O–H groups in total. The van der Waals surface area contributed by atoms with E-state index >= 15 is 0 Å². The molecule has 0 spiro atoms. The van der Waals surface area contributed by atoms with E-state index in [1.807, 2.05) is 30.3 Å². The van der Waals surface area contributed by atoms with E-state index in [0.29, 0.717) is 11.9 Å². The number of hydrogen-bond donors (Lipinski definition) is 2. The summed E-state index contributed by atoms with van der Waals surface area (Å²) in [6.07, 6.45) is 3.38. The number of guanidine groups is 1. The van der Waals surface area contributed by atoms with Crippen molar-refractivity contribution in [2.24, 2.45) is 16.6 Å². The molecular formula is C19H27N5S. The zero-order valence-electron chi connectivity index (χ0n) is 14.8. The Kier molecular flexibility index (Phi) is 6.42. The Morgan fingerprint density at radius 1 is 1.32 bits per heavy atom. The topological polar surface area (TPSA) is 66.5 Å². The van der Waals surface area contributed by atoms with E-state index in [2.05, 4.69) is 32.5 Å². The second-order valence-electron chi connectivity index (χ2n) is 6.52. The minimum Gasteiger partial charge on any atom is -0.370 e. The van der Waals surface area contributed by atoms with Gasteiger partial charge in [0, 0.05) is 24.2 Å². The number of piperidine rings is 1. The Morgan fingerprint density at radius 3 is 2.76 bits per heavy atom. The van der Waals surface area contributed by atoms with Crippen LogP contribution in [-0.2, 0) is 13.0 Å². The molecule has 134 valence electrons. The van der Waals surface area contributed by atoms with Gasteiger partial charge < -0.3 is 11.1 Å². The fraction of sp³-hybridized carbons (Fsp3) is 0.474. The number of aryl methyl sites for hydroxylation is 1. The molecule has 2 heterocycles. The van der Waals surface area contributed by atoms with Gasteiger partial charge in [0.2, 0.25) is 0 Å². The van der Waals surface area contributed by atoms with Crippen molar-refractivity contribution in [2.75, 3.05) is 25.0 Å². The summed E-state index contributed by atoms with van der Waals surface area (Å²) in [6.45, 7) is 6.17. The van der Waals surface area contributed by atoms with Crippen LogP contribution in [-0.4, -0.2) is 35.5 Å².